The highest BCUT2D eigenvalue weighted by Gasteiger charge is 2.11. The second-order valence-corrected chi connectivity index (χ2v) is 5.11. The van der Waals surface area contributed by atoms with Crippen molar-refractivity contribution in [3.63, 3.8) is 0 Å². The molecule has 1 heterocycles. The first-order valence-electron chi connectivity index (χ1n) is 5.95. The molecular formula is C14H14ClNO4. The second-order valence-electron chi connectivity index (χ2n) is 4.31. The quantitative estimate of drug-likeness (QED) is 0.638. The fourth-order valence-electron chi connectivity index (χ4n) is 2.21. The maximum atomic E-state index is 8.60. The molecule has 0 saturated carbocycles. The molecule has 6 heteroatoms. The Balaban J connectivity index is 0.000000257. The third-order valence-corrected chi connectivity index (χ3v) is 2.96. The van der Waals surface area contributed by atoms with Gasteiger partial charge in [-0.2, -0.15) is 14.0 Å². The summed E-state index contributed by atoms with van der Waals surface area (Å²) in [4.78, 5) is 0. The van der Waals surface area contributed by atoms with Gasteiger partial charge in [-0.15, -0.1) is 0 Å². The van der Waals surface area contributed by atoms with Crippen LogP contribution in [0.5, 0.6) is 0 Å². The molecular weight excluding hydrogens is 282 g/mol. The first-order chi connectivity index (χ1) is 9.45. The van der Waals surface area contributed by atoms with Crippen molar-refractivity contribution in [2.75, 3.05) is 0 Å². The molecule has 0 aromatic heterocycles. The molecule has 5 nitrogen and oxygen atoms in total. The van der Waals surface area contributed by atoms with E-state index in [1.165, 1.54) is 22.3 Å². The monoisotopic (exact) mass is 295 g/mol. The maximum absolute atomic E-state index is 8.60. The predicted octanol–water partition coefficient (Wildman–Crippen LogP) is -1.17. The number of rotatable bonds is 0. The van der Waals surface area contributed by atoms with E-state index in [0.717, 1.165) is 13.1 Å². The first kappa shape index (κ1) is 14.9. The van der Waals surface area contributed by atoms with Crippen LogP contribution in [0, 0.1) is 10.2 Å². The Bertz CT molecular complexity index is 532. The van der Waals surface area contributed by atoms with Gasteiger partial charge in [0.25, 0.3) is 0 Å². The lowest BCUT2D eigenvalue weighted by molar-refractivity contribution is -1.92. The van der Waals surface area contributed by atoms with Gasteiger partial charge in [-0.3, -0.25) is 0 Å². The summed E-state index contributed by atoms with van der Waals surface area (Å²) in [6, 6.07) is 17.3. The number of hydrogen-bond acceptors (Lipinski definition) is 5. The minimum Gasteiger partial charge on any atom is -0.309 e. The highest BCUT2D eigenvalue weighted by molar-refractivity contribution is 5.71. The van der Waals surface area contributed by atoms with Crippen LogP contribution in [0.15, 0.2) is 48.5 Å². The molecule has 0 aliphatic carbocycles. The van der Waals surface area contributed by atoms with Crippen LogP contribution in [0.4, 0.5) is 0 Å². The van der Waals surface area contributed by atoms with Gasteiger partial charge in [-0.25, -0.2) is 0 Å². The lowest BCUT2D eigenvalue weighted by Gasteiger charge is -2.07. The van der Waals surface area contributed by atoms with Crippen molar-refractivity contribution in [2.24, 2.45) is 0 Å². The Morgan fingerprint density at radius 2 is 1.15 bits per heavy atom. The number of hydrogen-bond donors (Lipinski definition) is 2. The van der Waals surface area contributed by atoms with E-state index in [2.05, 4.69) is 53.8 Å². The van der Waals surface area contributed by atoms with E-state index >= 15 is 0 Å². The molecule has 1 aliphatic rings. The normalized spacial score (nSPS) is 13.4. The van der Waals surface area contributed by atoms with Crippen LogP contribution in [-0.4, -0.2) is 4.66 Å². The first-order valence-corrected chi connectivity index (χ1v) is 7.21. The van der Waals surface area contributed by atoms with Crippen molar-refractivity contribution in [1.82, 2.24) is 5.32 Å². The van der Waals surface area contributed by atoms with E-state index in [4.69, 9.17) is 18.6 Å². The number of nitrogens with one attached hydrogen (secondary N) is 1. The Morgan fingerprint density at radius 1 is 0.800 bits per heavy atom. The van der Waals surface area contributed by atoms with Crippen molar-refractivity contribution in [2.45, 2.75) is 13.1 Å². The summed E-state index contributed by atoms with van der Waals surface area (Å²) in [5, 5.41) is 3.46. The van der Waals surface area contributed by atoms with Crippen LogP contribution in [0.3, 0.4) is 0 Å². The van der Waals surface area contributed by atoms with E-state index in [-0.39, 0.29) is 0 Å². The molecule has 0 spiro atoms. The van der Waals surface area contributed by atoms with Crippen molar-refractivity contribution < 1.29 is 28.9 Å². The molecule has 1 aliphatic heterocycles. The molecule has 0 bridgehead atoms. The van der Waals surface area contributed by atoms with Gasteiger partial charge in [-0.05, 0) is 22.3 Å². The largest absolute Gasteiger partial charge is 0.309 e. The molecule has 2 aromatic rings. The van der Waals surface area contributed by atoms with Gasteiger partial charge < -0.3 is 5.32 Å². The van der Waals surface area contributed by atoms with Gasteiger partial charge in [-0.1, -0.05) is 48.5 Å². The average Bonchev–Trinajstić information content (AvgIpc) is 2.56. The summed E-state index contributed by atoms with van der Waals surface area (Å²) in [5.74, 6) is 0. The summed E-state index contributed by atoms with van der Waals surface area (Å²) in [6.45, 7) is 1.93. The fourth-order valence-corrected chi connectivity index (χ4v) is 2.21. The fraction of sp³-hybridized carbons (Fsp3) is 0.143. The SMILES string of the molecule is [O-][Cl+3]([O-])([O-])O.c1ccc2c(c1)CNCc1ccccc1-2. The van der Waals surface area contributed by atoms with Crippen molar-refractivity contribution in [3.8, 4) is 11.1 Å². The summed E-state index contributed by atoms with van der Waals surface area (Å²) in [5.41, 5.74) is 5.53. The predicted molar refractivity (Wildman–Crippen MR) is 64.6 cm³/mol. The lowest BCUT2D eigenvalue weighted by Crippen LogP contribution is -2.58. The summed E-state index contributed by atoms with van der Waals surface area (Å²) >= 11 is 0. The molecule has 0 radical (unpaired) electrons. The Kier molecular flexibility index (Phi) is 4.72. The van der Waals surface area contributed by atoms with Crippen molar-refractivity contribution in [1.29, 1.82) is 0 Å². The van der Waals surface area contributed by atoms with Crippen LogP contribution >= 0.6 is 0 Å². The molecule has 3 rings (SSSR count). The minimum absolute atomic E-state index is 0.963. The van der Waals surface area contributed by atoms with E-state index in [1.54, 1.807) is 0 Å². The van der Waals surface area contributed by atoms with Gasteiger partial charge >= 0.3 is 0 Å². The van der Waals surface area contributed by atoms with Gasteiger partial charge in [0, 0.05) is 13.1 Å². The second kappa shape index (κ2) is 6.32. The third-order valence-electron chi connectivity index (χ3n) is 2.96. The van der Waals surface area contributed by atoms with Crippen molar-refractivity contribution in [3.05, 3.63) is 59.7 Å². The Morgan fingerprint density at radius 3 is 1.55 bits per heavy atom. The molecule has 0 unspecified atom stereocenters. The molecule has 0 saturated heterocycles. The molecule has 0 amide bonds. The van der Waals surface area contributed by atoms with Crippen LogP contribution in [-0.2, 0) is 13.1 Å². The Hall–Kier alpha value is -1.47. The number of fused-ring (bicyclic) bond motifs is 3. The van der Waals surface area contributed by atoms with Gasteiger partial charge in [0.1, 0.15) is 0 Å². The standard InChI is InChI=1S/C14H13N.ClHO4/c1-3-7-13-11(5-1)9-15-10-12-6-2-4-8-14(12)13;2-1(3,4)5/h1-8,15H,9-10H2;(H,2,3,4,5). The molecule has 2 aromatic carbocycles. The number of benzene rings is 2. The van der Waals surface area contributed by atoms with E-state index < -0.39 is 10.2 Å². The summed E-state index contributed by atoms with van der Waals surface area (Å²) in [6.07, 6.45) is 0. The lowest BCUT2D eigenvalue weighted by atomic mass is 9.97. The minimum atomic E-state index is -4.69. The van der Waals surface area contributed by atoms with E-state index in [0.29, 0.717) is 0 Å². The molecule has 20 heavy (non-hydrogen) atoms. The molecule has 2 N–H and O–H groups in total. The average molecular weight is 296 g/mol. The summed E-state index contributed by atoms with van der Waals surface area (Å²) in [7, 11) is -4.69. The van der Waals surface area contributed by atoms with Crippen LogP contribution < -0.4 is 19.3 Å². The molecule has 0 fully saturated rings. The van der Waals surface area contributed by atoms with E-state index in [1.807, 2.05) is 0 Å². The summed E-state index contributed by atoms with van der Waals surface area (Å²) < 4.78 is 32.7. The zero-order valence-corrected chi connectivity index (χ0v) is 11.3. The zero-order chi connectivity index (χ0) is 14.6. The molecule has 0 atom stereocenters. The number of halogens is 1. The maximum Gasteiger partial charge on any atom is 0.0777 e. The third kappa shape index (κ3) is 4.28. The zero-order valence-electron chi connectivity index (χ0n) is 10.6. The molecule has 106 valence electrons. The van der Waals surface area contributed by atoms with E-state index in [9.17, 15) is 0 Å². The van der Waals surface area contributed by atoms with Crippen LogP contribution in [0.1, 0.15) is 11.1 Å². The van der Waals surface area contributed by atoms with Gasteiger partial charge in [0.15, 0.2) is 0 Å². The van der Waals surface area contributed by atoms with Crippen LogP contribution in [0.2, 0.25) is 0 Å². The van der Waals surface area contributed by atoms with Crippen LogP contribution in [0.25, 0.3) is 11.1 Å². The van der Waals surface area contributed by atoms with Gasteiger partial charge in [0.05, 0.1) is 14.9 Å². The smallest absolute Gasteiger partial charge is 0.0777 e. The highest BCUT2D eigenvalue weighted by atomic mass is 35.7. The topological polar surface area (TPSA) is 101 Å². The van der Waals surface area contributed by atoms with Gasteiger partial charge in [0.2, 0.25) is 0 Å². The Labute approximate surface area is 118 Å². The van der Waals surface area contributed by atoms with Crippen molar-refractivity contribution >= 4 is 0 Å². The highest BCUT2D eigenvalue weighted by Crippen LogP contribution is 2.29.